The van der Waals surface area contributed by atoms with Gasteiger partial charge in [-0.1, -0.05) is 12.1 Å². The first-order chi connectivity index (χ1) is 6.95. The summed E-state index contributed by atoms with van der Waals surface area (Å²) >= 11 is 0. The fourth-order valence-electron chi connectivity index (χ4n) is 1.34. The standard InChI is InChI=1S/C12H13NO2/c1-12(2,11(14)15)7-9-4-3-5-10(6-9)8-13/h3-6H,7H2,1-2H3,(H,14,15). The van der Waals surface area contributed by atoms with Crippen molar-refractivity contribution in [2.45, 2.75) is 20.3 Å². The minimum atomic E-state index is -0.829. The third kappa shape index (κ3) is 2.81. The van der Waals surface area contributed by atoms with E-state index in [4.69, 9.17) is 10.4 Å². The molecule has 0 amide bonds. The summed E-state index contributed by atoms with van der Waals surface area (Å²) in [7, 11) is 0. The predicted molar refractivity (Wildman–Crippen MR) is 56.3 cm³/mol. The van der Waals surface area contributed by atoms with E-state index in [2.05, 4.69) is 0 Å². The van der Waals surface area contributed by atoms with Crippen LogP contribution < -0.4 is 0 Å². The molecule has 1 rings (SSSR count). The average Bonchev–Trinajstić information content (AvgIpc) is 2.17. The van der Waals surface area contributed by atoms with Crippen molar-refractivity contribution in [2.24, 2.45) is 5.41 Å². The molecule has 0 heterocycles. The number of nitrogens with zero attached hydrogens (tertiary/aromatic N) is 1. The van der Waals surface area contributed by atoms with Crippen LogP contribution in [0.3, 0.4) is 0 Å². The molecule has 0 bridgehead atoms. The summed E-state index contributed by atoms with van der Waals surface area (Å²) in [4.78, 5) is 10.9. The lowest BCUT2D eigenvalue weighted by atomic mass is 9.85. The van der Waals surface area contributed by atoms with Gasteiger partial charge in [0, 0.05) is 0 Å². The summed E-state index contributed by atoms with van der Waals surface area (Å²) in [5.74, 6) is -0.829. The summed E-state index contributed by atoms with van der Waals surface area (Å²) in [5, 5.41) is 17.7. The molecule has 0 radical (unpaired) electrons. The predicted octanol–water partition coefficient (Wildman–Crippen LogP) is 2.21. The van der Waals surface area contributed by atoms with Crippen LogP contribution in [0, 0.1) is 16.7 Å². The number of carboxylic acid groups (broad SMARTS) is 1. The maximum absolute atomic E-state index is 10.9. The van der Waals surface area contributed by atoms with Crippen LogP contribution in [0.15, 0.2) is 24.3 Å². The fourth-order valence-corrected chi connectivity index (χ4v) is 1.34. The molecular weight excluding hydrogens is 190 g/mol. The molecule has 0 aliphatic heterocycles. The highest BCUT2D eigenvalue weighted by atomic mass is 16.4. The molecule has 0 unspecified atom stereocenters. The number of carboxylic acids is 1. The Kier molecular flexibility index (Phi) is 3.11. The van der Waals surface area contributed by atoms with E-state index in [9.17, 15) is 4.79 Å². The molecule has 0 fully saturated rings. The van der Waals surface area contributed by atoms with Gasteiger partial charge in [0.15, 0.2) is 0 Å². The maximum atomic E-state index is 10.9. The second-order valence-electron chi connectivity index (χ2n) is 4.18. The highest BCUT2D eigenvalue weighted by Gasteiger charge is 2.27. The van der Waals surface area contributed by atoms with Gasteiger partial charge in [-0.2, -0.15) is 5.26 Å². The van der Waals surface area contributed by atoms with Crippen LogP contribution in [-0.2, 0) is 11.2 Å². The monoisotopic (exact) mass is 203 g/mol. The third-order valence-electron chi connectivity index (χ3n) is 2.28. The first-order valence-electron chi connectivity index (χ1n) is 4.68. The highest BCUT2D eigenvalue weighted by molar-refractivity contribution is 5.74. The molecule has 0 spiro atoms. The minimum Gasteiger partial charge on any atom is -0.481 e. The zero-order chi connectivity index (χ0) is 11.5. The third-order valence-corrected chi connectivity index (χ3v) is 2.28. The van der Waals surface area contributed by atoms with Gasteiger partial charge in [-0.25, -0.2) is 0 Å². The molecule has 0 aliphatic rings. The van der Waals surface area contributed by atoms with Gasteiger partial charge in [0.05, 0.1) is 17.0 Å². The van der Waals surface area contributed by atoms with Crippen LogP contribution in [-0.4, -0.2) is 11.1 Å². The van der Waals surface area contributed by atoms with Crippen LogP contribution >= 0.6 is 0 Å². The Morgan fingerprint density at radius 2 is 2.20 bits per heavy atom. The molecule has 3 heteroatoms. The van der Waals surface area contributed by atoms with Gasteiger partial charge in [0.25, 0.3) is 0 Å². The Hall–Kier alpha value is -1.82. The summed E-state index contributed by atoms with van der Waals surface area (Å²) < 4.78 is 0. The number of hydrogen-bond donors (Lipinski definition) is 1. The Balaban J connectivity index is 2.91. The summed E-state index contributed by atoms with van der Waals surface area (Å²) in [6.45, 7) is 3.35. The van der Waals surface area contributed by atoms with Crippen molar-refractivity contribution in [1.29, 1.82) is 5.26 Å². The van der Waals surface area contributed by atoms with Crippen LogP contribution in [0.5, 0.6) is 0 Å². The molecule has 0 aliphatic carbocycles. The lowest BCUT2D eigenvalue weighted by molar-refractivity contribution is -0.146. The summed E-state index contributed by atoms with van der Waals surface area (Å²) in [6, 6.07) is 9.08. The van der Waals surface area contributed by atoms with E-state index in [1.165, 1.54) is 0 Å². The molecule has 1 aromatic carbocycles. The highest BCUT2D eigenvalue weighted by Crippen LogP contribution is 2.22. The van der Waals surface area contributed by atoms with E-state index in [0.29, 0.717) is 12.0 Å². The van der Waals surface area contributed by atoms with Gasteiger partial charge in [-0.15, -0.1) is 0 Å². The molecule has 0 atom stereocenters. The quantitative estimate of drug-likeness (QED) is 0.819. The van der Waals surface area contributed by atoms with Crippen molar-refractivity contribution >= 4 is 5.97 Å². The number of rotatable bonds is 3. The Morgan fingerprint density at radius 3 is 2.73 bits per heavy atom. The van der Waals surface area contributed by atoms with Gasteiger partial charge in [0.2, 0.25) is 0 Å². The lowest BCUT2D eigenvalue weighted by Gasteiger charge is -2.18. The average molecular weight is 203 g/mol. The second kappa shape index (κ2) is 4.14. The Morgan fingerprint density at radius 1 is 1.53 bits per heavy atom. The zero-order valence-corrected chi connectivity index (χ0v) is 8.82. The molecule has 1 N–H and O–H groups in total. The van der Waals surface area contributed by atoms with Crippen LogP contribution in [0.1, 0.15) is 25.0 Å². The van der Waals surface area contributed by atoms with Crippen molar-refractivity contribution in [1.82, 2.24) is 0 Å². The van der Waals surface area contributed by atoms with Crippen molar-refractivity contribution in [3.8, 4) is 6.07 Å². The molecular formula is C12H13NO2. The normalized spacial score (nSPS) is 10.7. The first-order valence-corrected chi connectivity index (χ1v) is 4.68. The molecule has 1 aromatic rings. The number of hydrogen-bond acceptors (Lipinski definition) is 2. The number of benzene rings is 1. The molecule has 3 nitrogen and oxygen atoms in total. The molecule has 0 aromatic heterocycles. The van der Waals surface area contributed by atoms with Crippen molar-refractivity contribution in [3.05, 3.63) is 35.4 Å². The number of carbonyl (C=O) groups is 1. The smallest absolute Gasteiger partial charge is 0.309 e. The SMILES string of the molecule is CC(C)(Cc1cccc(C#N)c1)C(=O)O. The van der Waals surface area contributed by atoms with E-state index >= 15 is 0 Å². The number of aliphatic carboxylic acids is 1. The van der Waals surface area contributed by atoms with Gasteiger partial charge in [-0.3, -0.25) is 4.79 Å². The summed E-state index contributed by atoms with van der Waals surface area (Å²) in [6.07, 6.45) is 0.428. The first kappa shape index (κ1) is 11.3. The fraction of sp³-hybridized carbons (Fsp3) is 0.333. The molecule has 0 saturated heterocycles. The maximum Gasteiger partial charge on any atom is 0.309 e. The van der Waals surface area contributed by atoms with E-state index in [-0.39, 0.29) is 0 Å². The molecule has 0 saturated carbocycles. The number of nitriles is 1. The zero-order valence-electron chi connectivity index (χ0n) is 8.82. The van der Waals surface area contributed by atoms with Crippen molar-refractivity contribution in [2.75, 3.05) is 0 Å². The van der Waals surface area contributed by atoms with Crippen molar-refractivity contribution < 1.29 is 9.90 Å². The largest absolute Gasteiger partial charge is 0.481 e. The molecule has 15 heavy (non-hydrogen) atoms. The van der Waals surface area contributed by atoms with Crippen LogP contribution in [0.25, 0.3) is 0 Å². The summed E-state index contributed by atoms with van der Waals surface area (Å²) in [5.41, 5.74) is 0.642. The molecule has 78 valence electrons. The minimum absolute atomic E-state index is 0.428. The second-order valence-corrected chi connectivity index (χ2v) is 4.18. The van der Waals surface area contributed by atoms with E-state index in [1.807, 2.05) is 12.1 Å². The van der Waals surface area contributed by atoms with Crippen molar-refractivity contribution in [3.63, 3.8) is 0 Å². The lowest BCUT2D eigenvalue weighted by Crippen LogP contribution is -2.26. The van der Waals surface area contributed by atoms with Gasteiger partial charge in [-0.05, 0) is 38.0 Å². The Labute approximate surface area is 89.0 Å². The topological polar surface area (TPSA) is 61.1 Å². The van der Waals surface area contributed by atoms with Crippen LogP contribution in [0.4, 0.5) is 0 Å². The van der Waals surface area contributed by atoms with E-state index < -0.39 is 11.4 Å². The van der Waals surface area contributed by atoms with E-state index in [0.717, 1.165) is 5.56 Å². The van der Waals surface area contributed by atoms with E-state index in [1.54, 1.807) is 32.0 Å². The van der Waals surface area contributed by atoms with Gasteiger partial charge < -0.3 is 5.11 Å². The van der Waals surface area contributed by atoms with Gasteiger partial charge in [0.1, 0.15) is 0 Å². The van der Waals surface area contributed by atoms with Crippen LogP contribution in [0.2, 0.25) is 0 Å². The van der Waals surface area contributed by atoms with Gasteiger partial charge >= 0.3 is 5.97 Å². The Bertz CT molecular complexity index is 416.